The molecule has 98 valence electrons. The summed E-state index contributed by atoms with van der Waals surface area (Å²) in [4.78, 5) is 12.6. The SMILES string of the molecule is CCOc1ccccc1C(=O)c1cc(C)ccc1Br. The fraction of sp³-hybridized carbons (Fsp3) is 0.188. The molecule has 0 saturated heterocycles. The van der Waals surface area contributed by atoms with Gasteiger partial charge in [-0.1, -0.05) is 39.7 Å². The van der Waals surface area contributed by atoms with Crippen LogP contribution < -0.4 is 4.74 Å². The average Bonchev–Trinajstić information content (AvgIpc) is 2.42. The molecule has 0 N–H and O–H groups in total. The van der Waals surface area contributed by atoms with Gasteiger partial charge in [-0.15, -0.1) is 0 Å². The molecule has 0 fully saturated rings. The Bertz CT molecular complexity index is 605. The molecule has 0 amide bonds. The lowest BCUT2D eigenvalue weighted by molar-refractivity contribution is 0.103. The first-order valence-electron chi connectivity index (χ1n) is 6.16. The molecule has 0 atom stereocenters. The number of benzene rings is 2. The molecule has 2 nitrogen and oxygen atoms in total. The van der Waals surface area contributed by atoms with Crippen LogP contribution in [-0.4, -0.2) is 12.4 Å². The second kappa shape index (κ2) is 6.02. The van der Waals surface area contributed by atoms with Crippen molar-refractivity contribution in [3.05, 3.63) is 63.6 Å². The summed E-state index contributed by atoms with van der Waals surface area (Å²) in [5.74, 6) is 0.600. The van der Waals surface area contributed by atoms with E-state index in [1.54, 1.807) is 6.07 Å². The molecule has 0 aliphatic heterocycles. The van der Waals surface area contributed by atoms with Crippen molar-refractivity contribution >= 4 is 21.7 Å². The third kappa shape index (κ3) is 3.04. The second-order valence-corrected chi connectivity index (χ2v) is 5.10. The van der Waals surface area contributed by atoms with E-state index in [-0.39, 0.29) is 5.78 Å². The summed E-state index contributed by atoms with van der Waals surface area (Å²) in [7, 11) is 0. The minimum absolute atomic E-state index is 0.0281. The van der Waals surface area contributed by atoms with Crippen LogP contribution in [-0.2, 0) is 0 Å². The van der Waals surface area contributed by atoms with E-state index >= 15 is 0 Å². The summed E-state index contributed by atoms with van der Waals surface area (Å²) in [5, 5.41) is 0. The highest BCUT2D eigenvalue weighted by molar-refractivity contribution is 9.10. The summed E-state index contributed by atoms with van der Waals surface area (Å²) >= 11 is 3.43. The lowest BCUT2D eigenvalue weighted by atomic mass is 10.0. The standard InChI is InChI=1S/C16H15BrO2/c1-3-19-15-7-5-4-6-12(15)16(18)13-10-11(2)8-9-14(13)17/h4-10H,3H2,1-2H3. The number of ether oxygens (including phenoxy) is 1. The lowest BCUT2D eigenvalue weighted by Crippen LogP contribution is -2.06. The van der Waals surface area contributed by atoms with E-state index in [2.05, 4.69) is 15.9 Å². The molecule has 19 heavy (non-hydrogen) atoms. The summed E-state index contributed by atoms with van der Waals surface area (Å²) in [5.41, 5.74) is 2.31. The van der Waals surface area contributed by atoms with Gasteiger partial charge in [0.15, 0.2) is 5.78 Å². The van der Waals surface area contributed by atoms with Gasteiger partial charge < -0.3 is 4.74 Å². The zero-order valence-corrected chi connectivity index (χ0v) is 12.5. The van der Waals surface area contributed by atoms with Gasteiger partial charge in [-0.05, 0) is 38.1 Å². The maximum Gasteiger partial charge on any atom is 0.197 e. The molecule has 0 bridgehead atoms. The number of hydrogen-bond donors (Lipinski definition) is 0. The van der Waals surface area contributed by atoms with Crippen LogP contribution in [0.15, 0.2) is 46.9 Å². The Morgan fingerprint density at radius 2 is 1.89 bits per heavy atom. The smallest absolute Gasteiger partial charge is 0.197 e. The van der Waals surface area contributed by atoms with Gasteiger partial charge in [-0.2, -0.15) is 0 Å². The minimum atomic E-state index is -0.0281. The second-order valence-electron chi connectivity index (χ2n) is 4.24. The number of halogens is 1. The van der Waals surface area contributed by atoms with Crippen LogP contribution in [0.4, 0.5) is 0 Å². The number of carbonyl (C=O) groups excluding carboxylic acids is 1. The maximum absolute atomic E-state index is 12.6. The first-order valence-corrected chi connectivity index (χ1v) is 6.95. The molecule has 0 radical (unpaired) electrons. The van der Waals surface area contributed by atoms with Gasteiger partial charge >= 0.3 is 0 Å². The predicted octanol–water partition coefficient (Wildman–Crippen LogP) is 4.39. The summed E-state index contributed by atoms with van der Waals surface area (Å²) in [6, 6.07) is 13.1. The normalized spacial score (nSPS) is 10.3. The summed E-state index contributed by atoms with van der Waals surface area (Å²) in [6.07, 6.45) is 0. The van der Waals surface area contributed by atoms with E-state index in [0.29, 0.717) is 23.5 Å². The van der Waals surface area contributed by atoms with E-state index < -0.39 is 0 Å². The van der Waals surface area contributed by atoms with Crippen LogP contribution in [0, 0.1) is 6.92 Å². The fourth-order valence-corrected chi connectivity index (χ4v) is 2.32. The highest BCUT2D eigenvalue weighted by Crippen LogP contribution is 2.26. The van der Waals surface area contributed by atoms with Crippen LogP contribution in [0.25, 0.3) is 0 Å². The van der Waals surface area contributed by atoms with E-state index in [4.69, 9.17) is 4.74 Å². The van der Waals surface area contributed by atoms with Crippen LogP contribution in [0.3, 0.4) is 0 Å². The molecule has 2 aromatic rings. The maximum atomic E-state index is 12.6. The highest BCUT2D eigenvalue weighted by atomic mass is 79.9. The third-order valence-electron chi connectivity index (χ3n) is 2.80. The van der Waals surface area contributed by atoms with Crippen molar-refractivity contribution in [3.63, 3.8) is 0 Å². The molecule has 3 heteroatoms. The Balaban J connectivity index is 2.47. The van der Waals surface area contributed by atoms with E-state index in [0.717, 1.165) is 10.0 Å². The van der Waals surface area contributed by atoms with Crippen molar-refractivity contribution in [3.8, 4) is 5.75 Å². The largest absolute Gasteiger partial charge is 0.493 e. The monoisotopic (exact) mass is 318 g/mol. The fourth-order valence-electron chi connectivity index (χ4n) is 1.89. The number of para-hydroxylation sites is 1. The molecule has 0 unspecified atom stereocenters. The van der Waals surface area contributed by atoms with Crippen molar-refractivity contribution in [2.75, 3.05) is 6.61 Å². The van der Waals surface area contributed by atoms with Gasteiger partial charge in [0.25, 0.3) is 0 Å². The quantitative estimate of drug-likeness (QED) is 0.782. The Labute approximate surface area is 121 Å². The molecular formula is C16H15BrO2. The third-order valence-corrected chi connectivity index (χ3v) is 3.49. The molecular weight excluding hydrogens is 304 g/mol. The van der Waals surface area contributed by atoms with Gasteiger partial charge in [0.05, 0.1) is 12.2 Å². The van der Waals surface area contributed by atoms with Crippen LogP contribution in [0.5, 0.6) is 5.75 Å². The van der Waals surface area contributed by atoms with E-state index in [1.165, 1.54) is 0 Å². The van der Waals surface area contributed by atoms with Crippen LogP contribution in [0.1, 0.15) is 28.4 Å². The van der Waals surface area contributed by atoms with Crippen LogP contribution >= 0.6 is 15.9 Å². The number of hydrogen-bond acceptors (Lipinski definition) is 2. The average molecular weight is 319 g/mol. The Hall–Kier alpha value is -1.61. The topological polar surface area (TPSA) is 26.3 Å². The number of carbonyl (C=O) groups is 1. The molecule has 0 aliphatic rings. The Kier molecular flexibility index (Phi) is 4.38. The van der Waals surface area contributed by atoms with Crippen molar-refractivity contribution < 1.29 is 9.53 Å². The van der Waals surface area contributed by atoms with Gasteiger partial charge in [-0.3, -0.25) is 4.79 Å². The number of rotatable bonds is 4. The molecule has 2 rings (SSSR count). The van der Waals surface area contributed by atoms with Gasteiger partial charge in [0.2, 0.25) is 0 Å². The molecule has 0 heterocycles. The first-order chi connectivity index (χ1) is 9.13. The molecule has 2 aromatic carbocycles. The highest BCUT2D eigenvalue weighted by Gasteiger charge is 2.16. The molecule has 0 aromatic heterocycles. The van der Waals surface area contributed by atoms with Crippen LogP contribution in [0.2, 0.25) is 0 Å². The zero-order chi connectivity index (χ0) is 13.8. The van der Waals surface area contributed by atoms with Crippen molar-refractivity contribution in [1.29, 1.82) is 0 Å². The van der Waals surface area contributed by atoms with Crippen molar-refractivity contribution in [2.45, 2.75) is 13.8 Å². The van der Waals surface area contributed by atoms with Gasteiger partial charge in [0, 0.05) is 10.0 Å². The van der Waals surface area contributed by atoms with Gasteiger partial charge in [0.1, 0.15) is 5.75 Å². The Morgan fingerprint density at radius 3 is 2.63 bits per heavy atom. The van der Waals surface area contributed by atoms with Crippen molar-refractivity contribution in [2.24, 2.45) is 0 Å². The minimum Gasteiger partial charge on any atom is -0.493 e. The summed E-state index contributed by atoms with van der Waals surface area (Å²) < 4.78 is 6.31. The Morgan fingerprint density at radius 1 is 1.16 bits per heavy atom. The molecule has 0 aliphatic carbocycles. The molecule has 0 saturated carbocycles. The predicted molar refractivity (Wildman–Crippen MR) is 79.9 cm³/mol. The van der Waals surface area contributed by atoms with E-state index in [9.17, 15) is 4.79 Å². The van der Waals surface area contributed by atoms with Gasteiger partial charge in [-0.25, -0.2) is 0 Å². The summed E-state index contributed by atoms with van der Waals surface area (Å²) in [6.45, 7) is 4.42. The number of aryl methyl sites for hydroxylation is 1. The molecule has 0 spiro atoms. The number of ketones is 1. The van der Waals surface area contributed by atoms with Crippen molar-refractivity contribution in [1.82, 2.24) is 0 Å². The first kappa shape index (κ1) is 13.8. The zero-order valence-electron chi connectivity index (χ0n) is 10.9. The van der Waals surface area contributed by atoms with E-state index in [1.807, 2.05) is 50.2 Å². The lowest BCUT2D eigenvalue weighted by Gasteiger charge is -2.10.